The Hall–Kier alpha value is -1.21. The highest BCUT2D eigenvalue weighted by Gasteiger charge is 2.40. The molecule has 12 nitrogen and oxygen atoms in total. The summed E-state index contributed by atoms with van der Waals surface area (Å²) < 4.78 is 185. The first-order valence-corrected chi connectivity index (χ1v) is 16.2. The van der Waals surface area contributed by atoms with Crippen molar-refractivity contribution in [2.24, 2.45) is 0 Å². The highest BCUT2D eigenvalue weighted by Crippen LogP contribution is 2.58. The molecule has 2 heterocycles. The van der Waals surface area contributed by atoms with Crippen LogP contribution in [-0.4, -0.2) is 113 Å². The second-order valence-corrected chi connectivity index (χ2v) is 12.9. The van der Waals surface area contributed by atoms with Crippen molar-refractivity contribution in [1.29, 1.82) is 0 Å². The van der Waals surface area contributed by atoms with Gasteiger partial charge in [-0.05, 0) is 35.2 Å². The first-order chi connectivity index (χ1) is 27.9. The van der Waals surface area contributed by atoms with E-state index < -0.39 is 97.6 Å². The zero-order valence-electron chi connectivity index (χ0n) is 42.6. The standard InChI is InChI=1S/C14H23N2O4P.C10H13ClNO2P.C4H11NO2.CH4/c17-10-8-15(9-11-18)21(19)16(7-4-12-20-21)13-14-5-2-1-3-6-14;11-15(13)12(7-4-8-14-15)9-10-5-2-1-3-6-10;6-3-1-5-2-4-7;/h1-3,5-6,17-18H,4,7-13H2;1-3,5-6H,4,7-9H2;5-7H,1-4H2;1H4/i7D2,8D2,9D2,10D2,11D2;7D2;1D2,2D2,3D2,4D2;. The van der Waals surface area contributed by atoms with Crippen LogP contribution in [0, 0.1) is 0 Å². The monoisotopic (exact) mass is 700 g/mol. The first-order valence-electron chi connectivity index (χ1n) is 22.2. The molecule has 252 valence electrons. The quantitative estimate of drug-likeness (QED) is 0.193. The number of nitrogens with one attached hydrogen (secondary N) is 1. The van der Waals surface area contributed by atoms with E-state index in [1.54, 1.807) is 18.2 Å². The van der Waals surface area contributed by atoms with Crippen LogP contribution >= 0.6 is 25.8 Å². The Bertz CT molecular complexity index is 1860. The van der Waals surface area contributed by atoms with Crippen molar-refractivity contribution in [3.8, 4) is 0 Å². The van der Waals surface area contributed by atoms with Crippen LogP contribution in [0.2, 0.25) is 0 Å². The molecule has 2 fully saturated rings. The largest absolute Gasteiger partial charge is 0.395 e. The number of hydrogen-bond donors (Lipinski definition) is 5. The number of aliphatic hydroxyl groups is 4. The normalized spacial score (nSPS) is 33.9. The smallest absolute Gasteiger partial charge is 0.363 e. The maximum atomic E-state index is 14.0. The van der Waals surface area contributed by atoms with E-state index in [1.807, 2.05) is 30.3 Å². The fourth-order valence-electron chi connectivity index (χ4n) is 3.29. The lowest BCUT2D eigenvalue weighted by Gasteiger charge is -2.40. The SMILES string of the molecule is C.[2H]C([2H])(O)C([2H])([2H])NC([2H])([2H])C([2H])([2H])O.[2H]C1([2H])CCOP(=O)(Cl)N1Cc1ccccc1.[2H]C1([2H])CCOP(=O)(N(C([2H])([2H])C([2H])([2H])O)C([2H])([2H])C([2H])([2H])O)N1Cc1ccccc1. The van der Waals surface area contributed by atoms with Gasteiger partial charge in [0.1, 0.15) is 0 Å². The number of benzene rings is 2. The van der Waals surface area contributed by atoms with Gasteiger partial charge >= 0.3 is 14.5 Å². The van der Waals surface area contributed by atoms with Gasteiger partial charge in [0, 0.05) is 68.5 Å². The fourth-order valence-corrected chi connectivity index (χ4v) is 6.63. The Morgan fingerprint density at radius 2 is 1.25 bits per heavy atom. The van der Waals surface area contributed by atoms with E-state index in [1.165, 1.54) is 17.4 Å². The zero-order chi connectivity index (χ0) is 49.3. The number of hydrogen-bond acceptors (Lipinski definition) is 9. The molecule has 4 rings (SSSR count). The van der Waals surface area contributed by atoms with E-state index in [2.05, 4.69) is 0 Å². The number of halogens is 1. The van der Waals surface area contributed by atoms with Crippen LogP contribution in [0.3, 0.4) is 0 Å². The minimum atomic E-state index is -5.32. The lowest BCUT2D eigenvalue weighted by Crippen LogP contribution is -2.39. The molecule has 5 N–H and O–H groups in total. The van der Waals surface area contributed by atoms with Crippen molar-refractivity contribution in [1.82, 2.24) is 19.3 Å². The minimum Gasteiger partial charge on any atom is -0.395 e. The molecule has 2 aromatic carbocycles. The summed E-state index contributed by atoms with van der Waals surface area (Å²) in [4.78, 5) is 0. The van der Waals surface area contributed by atoms with Gasteiger partial charge in [-0.1, -0.05) is 68.1 Å². The summed E-state index contributed by atoms with van der Waals surface area (Å²) in [5.41, 5.74) is 1.21. The van der Waals surface area contributed by atoms with E-state index in [4.69, 9.17) is 57.9 Å². The highest BCUT2D eigenvalue weighted by atomic mass is 35.7. The van der Waals surface area contributed by atoms with Gasteiger partial charge in [0.05, 0.1) is 50.4 Å². The molecule has 0 radical (unpaired) electrons. The Kier molecular flexibility index (Phi) is 9.98. The molecule has 2 saturated heterocycles. The van der Waals surface area contributed by atoms with Crippen LogP contribution in [0.4, 0.5) is 0 Å². The van der Waals surface area contributed by atoms with Crippen LogP contribution in [0.5, 0.6) is 0 Å². The topological polar surface area (TPSA) is 155 Å². The van der Waals surface area contributed by atoms with Crippen LogP contribution in [-0.2, 0) is 31.3 Å². The molecular formula is C29H51ClN4O8P2. The van der Waals surface area contributed by atoms with Gasteiger partial charge in [-0.25, -0.2) is 14.0 Å². The summed E-state index contributed by atoms with van der Waals surface area (Å²) in [6, 6.07) is 17.1. The van der Waals surface area contributed by atoms with Gasteiger partial charge in [-0.2, -0.15) is 0 Å². The second-order valence-electron chi connectivity index (χ2n) is 7.87. The van der Waals surface area contributed by atoms with Crippen molar-refractivity contribution in [2.75, 3.05) is 78.4 Å². The Balaban J connectivity index is 0.000000524. The summed E-state index contributed by atoms with van der Waals surface area (Å²) in [7, 11) is -5.32. The number of rotatable bonds is 13. The molecule has 2 aliphatic heterocycles. The van der Waals surface area contributed by atoms with Gasteiger partial charge in [0.25, 0.3) is 0 Å². The molecule has 0 aromatic heterocycles. The second kappa shape index (κ2) is 23.2. The van der Waals surface area contributed by atoms with E-state index in [0.717, 1.165) is 10.2 Å². The van der Waals surface area contributed by atoms with Crippen molar-refractivity contribution in [3.05, 3.63) is 71.8 Å². The molecule has 2 aliphatic rings. The molecule has 44 heavy (non-hydrogen) atoms. The molecule has 0 aliphatic carbocycles. The predicted molar refractivity (Wildman–Crippen MR) is 175 cm³/mol. The third-order valence-corrected chi connectivity index (χ3v) is 9.37. The summed E-state index contributed by atoms with van der Waals surface area (Å²) in [5, 5.41) is 38.1. The molecule has 0 spiro atoms. The molecule has 0 saturated carbocycles. The van der Waals surface area contributed by atoms with Gasteiger partial charge < -0.3 is 34.8 Å². The van der Waals surface area contributed by atoms with E-state index >= 15 is 0 Å². The van der Waals surface area contributed by atoms with Crippen molar-refractivity contribution >= 4 is 25.8 Å². The third kappa shape index (κ3) is 14.5. The lowest BCUT2D eigenvalue weighted by atomic mass is 10.2. The maximum absolute atomic E-state index is 14.0. The number of nitrogens with zero attached hydrogens (tertiary/aromatic N) is 3. The zero-order valence-corrected chi connectivity index (χ0v) is 25.1. The van der Waals surface area contributed by atoms with E-state index in [9.17, 15) is 19.3 Å². The summed E-state index contributed by atoms with van der Waals surface area (Å²) in [6.45, 7) is -37.7. The van der Waals surface area contributed by atoms with Gasteiger partial charge in [0.15, 0.2) is 0 Å². The maximum Gasteiger partial charge on any atom is 0.363 e. The van der Waals surface area contributed by atoms with Crippen molar-refractivity contribution in [3.63, 3.8) is 0 Å². The molecule has 0 bridgehead atoms. The summed E-state index contributed by atoms with van der Waals surface area (Å²) in [5.74, 6) is 0. The molecule has 15 heteroatoms. The van der Waals surface area contributed by atoms with Gasteiger partial charge in [-0.15, -0.1) is 0 Å². The summed E-state index contributed by atoms with van der Waals surface area (Å²) in [6.07, 6.45) is -0.210. The van der Waals surface area contributed by atoms with Crippen LogP contribution in [0.25, 0.3) is 0 Å². The lowest BCUT2D eigenvalue weighted by molar-refractivity contribution is 0.138. The minimum absolute atomic E-state index is 0. The molecule has 0 amide bonds. The molecule has 2 atom stereocenters. The van der Waals surface area contributed by atoms with Crippen LogP contribution in [0.1, 0.15) is 58.8 Å². The van der Waals surface area contributed by atoms with Crippen molar-refractivity contribution < 1.29 is 66.0 Å². The first kappa shape index (κ1) is 19.0. The van der Waals surface area contributed by atoms with Gasteiger partial charge in [-0.3, -0.25) is 9.13 Å². The molecule has 2 unspecified atom stereocenters. The third-order valence-electron chi connectivity index (χ3n) is 5.05. The average Bonchev–Trinajstić information content (AvgIpc) is 3.07. The highest BCUT2D eigenvalue weighted by molar-refractivity contribution is 7.83. The predicted octanol–water partition coefficient (Wildman–Crippen LogP) is 3.76. The average molecular weight is 701 g/mol. The Morgan fingerprint density at radius 1 is 0.795 bits per heavy atom. The van der Waals surface area contributed by atoms with Gasteiger partial charge in [0.2, 0.25) is 0 Å². The fraction of sp³-hybridized carbons (Fsp3) is 0.586. The van der Waals surface area contributed by atoms with Crippen LogP contribution < -0.4 is 5.32 Å². The van der Waals surface area contributed by atoms with E-state index in [-0.39, 0.29) is 33.4 Å². The molecule has 2 aromatic rings. The van der Waals surface area contributed by atoms with E-state index in [0.29, 0.717) is 10.2 Å². The van der Waals surface area contributed by atoms with Crippen molar-refractivity contribution in [2.45, 2.75) is 33.4 Å². The molecular weight excluding hydrogens is 630 g/mol. The van der Waals surface area contributed by atoms with Crippen LogP contribution in [0.15, 0.2) is 60.7 Å². The summed E-state index contributed by atoms with van der Waals surface area (Å²) >= 11 is 5.79. The Morgan fingerprint density at radius 3 is 1.70 bits per heavy atom. The Labute approximate surface area is 295 Å².